The quantitative estimate of drug-likeness (QED) is 0.0456. The van der Waals surface area contributed by atoms with Gasteiger partial charge in [0.05, 0.1) is 13.2 Å². The van der Waals surface area contributed by atoms with Gasteiger partial charge in [0.1, 0.15) is 0 Å². The van der Waals surface area contributed by atoms with E-state index in [1.165, 1.54) is 89.9 Å². The van der Waals surface area contributed by atoms with Crippen LogP contribution in [-0.4, -0.2) is 62.9 Å². The van der Waals surface area contributed by atoms with Crippen molar-refractivity contribution in [3.8, 4) is 0 Å². The number of unbranched alkanes of at least 4 members (excludes halogenated alkanes) is 12. The fraction of sp³-hybridized carbons (Fsp3) is 0.959. The minimum Gasteiger partial charge on any atom is -0.465 e. The molecule has 0 aliphatic carbocycles. The van der Waals surface area contributed by atoms with Crippen LogP contribution in [0.3, 0.4) is 0 Å². The average Bonchev–Trinajstić information content (AvgIpc) is 3.13. The lowest BCUT2D eigenvalue weighted by Crippen LogP contribution is -2.25. The van der Waals surface area contributed by atoms with Crippen molar-refractivity contribution in [2.45, 2.75) is 217 Å². The van der Waals surface area contributed by atoms with Crippen LogP contribution in [0.2, 0.25) is 0 Å². The zero-order chi connectivity index (χ0) is 41.1. The van der Waals surface area contributed by atoms with Gasteiger partial charge in [-0.25, -0.2) is 0 Å². The summed E-state index contributed by atoms with van der Waals surface area (Å²) in [5.74, 6) is 4.14. The van der Waals surface area contributed by atoms with Gasteiger partial charge in [0, 0.05) is 32.6 Å². The summed E-state index contributed by atoms with van der Waals surface area (Å²) >= 11 is 0. The van der Waals surface area contributed by atoms with Gasteiger partial charge in [-0.05, 0) is 99.5 Å². The van der Waals surface area contributed by atoms with Crippen molar-refractivity contribution in [2.75, 3.05) is 46.1 Å². The first kappa shape index (κ1) is 53.9. The van der Waals surface area contributed by atoms with E-state index in [-0.39, 0.29) is 11.9 Å². The fourth-order valence-electron chi connectivity index (χ4n) is 7.52. The Bertz CT molecular complexity index is 796. The molecule has 0 aliphatic heterocycles. The van der Waals surface area contributed by atoms with E-state index >= 15 is 0 Å². The first-order valence-electron chi connectivity index (χ1n) is 24.0. The SMILES string of the molecule is CCN(CC)CCCOCC(CCCCCCCCCC(=O)OCC(CCC(C)C)C(C)C)CCCCCCCCCC(=O)OCC(CCC(C)C)C(C)C. The fourth-order valence-corrected chi connectivity index (χ4v) is 7.52. The molecule has 0 aromatic carbocycles. The van der Waals surface area contributed by atoms with Crippen molar-refractivity contribution in [1.82, 2.24) is 4.90 Å². The van der Waals surface area contributed by atoms with Gasteiger partial charge < -0.3 is 19.1 Å². The minimum atomic E-state index is -0.00608. The summed E-state index contributed by atoms with van der Waals surface area (Å²) in [6.45, 7) is 28.9. The summed E-state index contributed by atoms with van der Waals surface area (Å²) < 4.78 is 17.6. The second-order valence-corrected chi connectivity index (χ2v) is 18.7. The molecule has 0 radical (unpaired) electrons. The average molecular weight is 780 g/mol. The topological polar surface area (TPSA) is 65.1 Å². The van der Waals surface area contributed by atoms with Gasteiger partial charge in [0.25, 0.3) is 0 Å². The highest BCUT2D eigenvalue weighted by molar-refractivity contribution is 5.69. The van der Waals surface area contributed by atoms with Crippen LogP contribution in [0.1, 0.15) is 217 Å². The van der Waals surface area contributed by atoms with Gasteiger partial charge in [-0.1, -0.05) is 159 Å². The van der Waals surface area contributed by atoms with Crippen molar-refractivity contribution < 1.29 is 23.8 Å². The molecule has 0 rings (SSSR count). The molecule has 6 heteroatoms. The van der Waals surface area contributed by atoms with Crippen LogP contribution in [-0.2, 0) is 23.8 Å². The first-order chi connectivity index (χ1) is 26.4. The Kier molecular flexibility index (Phi) is 36.4. The maximum Gasteiger partial charge on any atom is 0.305 e. The first-order valence-corrected chi connectivity index (χ1v) is 24.0. The number of carbonyl (C=O) groups excluding carboxylic acids is 2. The lowest BCUT2D eigenvalue weighted by atomic mass is 9.89. The maximum atomic E-state index is 12.3. The predicted molar refractivity (Wildman–Crippen MR) is 237 cm³/mol. The molecule has 55 heavy (non-hydrogen) atoms. The number of esters is 2. The third-order valence-electron chi connectivity index (χ3n) is 12.0. The summed E-state index contributed by atoms with van der Waals surface area (Å²) in [7, 11) is 0. The molecule has 0 amide bonds. The summed E-state index contributed by atoms with van der Waals surface area (Å²) in [6.07, 6.45) is 26.5. The molecular weight excluding hydrogens is 683 g/mol. The molecule has 0 bridgehead atoms. The number of nitrogens with zero attached hydrogens (tertiary/aromatic N) is 1. The van der Waals surface area contributed by atoms with E-state index in [1.807, 2.05) is 0 Å². The molecule has 0 saturated heterocycles. The van der Waals surface area contributed by atoms with E-state index in [0.29, 0.717) is 67.5 Å². The molecule has 0 heterocycles. The van der Waals surface area contributed by atoms with E-state index in [0.717, 1.165) is 77.8 Å². The van der Waals surface area contributed by atoms with Crippen molar-refractivity contribution in [2.24, 2.45) is 41.4 Å². The smallest absolute Gasteiger partial charge is 0.305 e. The molecule has 6 nitrogen and oxygen atoms in total. The Hall–Kier alpha value is -1.14. The molecule has 2 unspecified atom stereocenters. The third-order valence-corrected chi connectivity index (χ3v) is 12.0. The summed E-state index contributed by atoms with van der Waals surface area (Å²) in [4.78, 5) is 27.1. The molecule has 0 spiro atoms. The van der Waals surface area contributed by atoms with E-state index in [1.54, 1.807) is 0 Å². The largest absolute Gasteiger partial charge is 0.465 e. The van der Waals surface area contributed by atoms with Crippen molar-refractivity contribution in [1.29, 1.82) is 0 Å². The van der Waals surface area contributed by atoms with E-state index in [2.05, 4.69) is 74.1 Å². The molecular formula is C49H97NO5. The maximum absolute atomic E-state index is 12.3. The van der Waals surface area contributed by atoms with Crippen molar-refractivity contribution in [3.63, 3.8) is 0 Å². The summed E-state index contributed by atoms with van der Waals surface area (Å²) in [5, 5.41) is 0. The normalized spacial score (nSPS) is 13.7. The van der Waals surface area contributed by atoms with Gasteiger partial charge in [-0.15, -0.1) is 0 Å². The molecule has 0 N–H and O–H groups in total. The zero-order valence-corrected chi connectivity index (χ0v) is 38.7. The van der Waals surface area contributed by atoms with Gasteiger partial charge in [0.15, 0.2) is 0 Å². The number of carbonyl (C=O) groups is 2. The minimum absolute atomic E-state index is 0.00608. The lowest BCUT2D eigenvalue weighted by Gasteiger charge is -2.21. The monoisotopic (exact) mass is 780 g/mol. The third kappa shape index (κ3) is 34.6. The predicted octanol–water partition coefficient (Wildman–Crippen LogP) is 13.9. The van der Waals surface area contributed by atoms with Crippen LogP contribution < -0.4 is 0 Å². The Labute approximate surface area is 344 Å². The number of ether oxygens (including phenoxy) is 3. The van der Waals surface area contributed by atoms with Crippen molar-refractivity contribution in [3.05, 3.63) is 0 Å². The highest BCUT2D eigenvalue weighted by atomic mass is 16.5. The standard InChI is InChI=1S/C49H97NO5/c1-11-50(12-2)36-27-37-53-38-45(28-23-19-15-13-17-21-25-30-48(51)54-39-46(43(7)8)34-32-41(3)4)29-24-20-16-14-18-22-26-31-49(52)55-40-47(44(9)10)35-33-42(5)6/h41-47H,11-40H2,1-10H3. The highest BCUT2D eigenvalue weighted by Gasteiger charge is 2.18. The van der Waals surface area contributed by atoms with Crippen LogP contribution in [0.25, 0.3) is 0 Å². The van der Waals surface area contributed by atoms with Crippen LogP contribution in [0.5, 0.6) is 0 Å². The second kappa shape index (κ2) is 37.2. The number of hydrogen-bond donors (Lipinski definition) is 0. The van der Waals surface area contributed by atoms with Crippen LogP contribution >= 0.6 is 0 Å². The van der Waals surface area contributed by atoms with Crippen molar-refractivity contribution >= 4 is 11.9 Å². The van der Waals surface area contributed by atoms with Crippen LogP contribution in [0.15, 0.2) is 0 Å². The Balaban J connectivity index is 4.23. The summed E-state index contributed by atoms with van der Waals surface area (Å²) in [5.41, 5.74) is 0. The molecule has 0 aromatic heterocycles. The van der Waals surface area contributed by atoms with E-state index in [4.69, 9.17) is 14.2 Å². The summed E-state index contributed by atoms with van der Waals surface area (Å²) in [6, 6.07) is 0. The van der Waals surface area contributed by atoms with E-state index in [9.17, 15) is 9.59 Å². The Morgan fingerprint density at radius 1 is 0.455 bits per heavy atom. The van der Waals surface area contributed by atoms with Crippen LogP contribution in [0, 0.1) is 41.4 Å². The van der Waals surface area contributed by atoms with Gasteiger partial charge in [0.2, 0.25) is 0 Å². The van der Waals surface area contributed by atoms with Gasteiger partial charge >= 0.3 is 11.9 Å². The molecule has 0 saturated carbocycles. The van der Waals surface area contributed by atoms with Crippen LogP contribution in [0.4, 0.5) is 0 Å². The number of hydrogen-bond acceptors (Lipinski definition) is 6. The zero-order valence-electron chi connectivity index (χ0n) is 38.7. The Morgan fingerprint density at radius 3 is 1.20 bits per heavy atom. The molecule has 0 aromatic rings. The molecule has 0 fully saturated rings. The molecule has 0 aliphatic rings. The van der Waals surface area contributed by atoms with E-state index < -0.39 is 0 Å². The molecule has 2 atom stereocenters. The second-order valence-electron chi connectivity index (χ2n) is 18.7. The van der Waals surface area contributed by atoms with Gasteiger partial charge in [-0.2, -0.15) is 0 Å². The Morgan fingerprint density at radius 2 is 0.836 bits per heavy atom. The molecule has 328 valence electrons. The lowest BCUT2D eigenvalue weighted by molar-refractivity contribution is -0.146. The number of rotatable bonds is 40. The van der Waals surface area contributed by atoms with Gasteiger partial charge in [-0.3, -0.25) is 9.59 Å². The highest BCUT2D eigenvalue weighted by Crippen LogP contribution is 2.23.